The van der Waals surface area contributed by atoms with Gasteiger partial charge in [0, 0.05) is 23.4 Å². The number of aromatic nitrogens is 3. The molecule has 0 aliphatic rings. The Balaban J connectivity index is 1.43. The van der Waals surface area contributed by atoms with E-state index < -0.39 is 10.8 Å². The number of benzene rings is 3. The van der Waals surface area contributed by atoms with E-state index in [1.807, 2.05) is 31.2 Å². The number of nitro benzene ring substituents is 1. The van der Waals surface area contributed by atoms with E-state index in [9.17, 15) is 14.9 Å². The first-order valence-electron chi connectivity index (χ1n) is 9.90. The molecular formula is C22H18N6O4S. The number of hydrogen-bond donors (Lipinski definition) is 2. The molecule has 2 N–H and O–H groups in total. The number of anilines is 1. The minimum atomic E-state index is -0.532. The molecule has 0 spiro atoms. The number of hydrogen-bond acceptors (Lipinski definition) is 7. The Morgan fingerprint density at radius 2 is 1.76 bits per heavy atom. The Kier molecular flexibility index (Phi) is 6.22. The average molecular weight is 462 g/mol. The molecule has 0 radical (unpaired) electrons. The number of thiocarbonyl (C=S) groups is 1. The second-order valence-electron chi connectivity index (χ2n) is 6.83. The minimum Gasteiger partial charge on any atom is -0.494 e. The molecule has 1 amide bonds. The van der Waals surface area contributed by atoms with Crippen LogP contribution < -0.4 is 15.4 Å². The molecule has 0 saturated carbocycles. The lowest BCUT2D eigenvalue weighted by molar-refractivity contribution is -0.384. The molecule has 0 atom stereocenters. The van der Waals surface area contributed by atoms with Gasteiger partial charge in [-0.15, -0.1) is 10.2 Å². The molecule has 4 aromatic rings. The third kappa shape index (κ3) is 5.10. The van der Waals surface area contributed by atoms with Gasteiger partial charge < -0.3 is 10.1 Å². The van der Waals surface area contributed by atoms with Gasteiger partial charge in [0.1, 0.15) is 16.8 Å². The van der Waals surface area contributed by atoms with Crippen molar-refractivity contribution in [1.29, 1.82) is 0 Å². The Morgan fingerprint density at radius 1 is 1.06 bits per heavy atom. The van der Waals surface area contributed by atoms with Crippen molar-refractivity contribution in [1.82, 2.24) is 20.3 Å². The van der Waals surface area contributed by atoms with Crippen LogP contribution in [0.4, 0.5) is 11.4 Å². The van der Waals surface area contributed by atoms with Crippen LogP contribution in [-0.2, 0) is 0 Å². The van der Waals surface area contributed by atoms with E-state index in [1.54, 1.807) is 18.2 Å². The number of carbonyl (C=O) groups excluding carboxylic acids is 1. The topological polar surface area (TPSA) is 124 Å². The first-order chi connectivity index (χ1) is 15.9. The van der Waals surface area contributed by atoms with Gasteiger partial charge in [0.15, 0.2) is 5.11 Å². The van der Waals surface area contributed by atoms with Gasteiger partial charge in [-0.05, 0) is 73.7 Å². The Hall–Kier alpha value is -4.38. The van der Waals surface area contributed by atoms with Gasteiger partial charge in [-0.2, -0.15) is 4.80 Å². The lowest BCUT2D eigenvalue weighted by Crippen LogP contribution is -2.34. The fourth-order valence-corrected chi connectivity index (χ4v) is 3.23. The van der Waals surface area contributed by atoms with Crippen molar-refractivity contribution >= 4 is 45.6 Å². The van der Waals surface area contributed by atoms with E-state index >= 15 is 0 Å². The summed E-state index contributed by atoms with van der Waals surface area (Å²) >= 11 is 5.21. The highest BCUT2D eigenvalue weighted by Gasteiger charge is 2.12. The van der Waals surface area contributed by atoms with E-state index in [4.69, 9.17) is 17.0 Å². The van der Waals surface area contributed by atoms with Crippen molar-refractivity contribution in [2.24, 2.45) is 0 Å². The van der Waals surface area contributed by atoms with E-state index in [0.717, 1.165) is 11.4 Å². The van der Waals surface area contributed by atoms with Gasteiger partial charge in [0.2, 0.25) is 0 Å². The normalized spacial score (nSPS) is 10.6. The summed E-state index contributed by atoms with van der Waals surface area (Å²) in [6, 6.07) is 18.0. The first kappa shape index (κ1) is 21.8. The highest BCUT2D eigenvalue weighted by atomic mass is 32.1. The highest BCUT2D eigenvalue weighted by Crippen LogP contribution is 2.19. The number of fused-ring (bicyclic) bond motifs is 1. The Morgan fingerprint density at radius 3 is 2.42 bits per heavy atom. The maximum absolute atomic E-state index is 12.3. The zero-order valence-corrected chi connectivity index (χ0v) is 18.2. The molecule has 11 heteroatoms. The molecule has 1 heterocycles. The average Bonchev–Trinajstić information content (AvgIpc) is 3.23. The number of nitro groups is 1. The van der Waals surface area contributed by atoms with Crippen LogP contribution in [0.15, 0.2) is 66.7 Å². The molecule has 0 fully saturated rings. The van der Waals surface area contributed by atoms with Crippen molar-refractivity contribution in [3.05, 3.63) is 82.4 Å². The highest BCUT2D eigenvalue weighted by molar-refractivity contribution is 7.80. The molecular weight excluding hydrogens is 444 g/mol. The summed E-state index contributed by atoms with van der Waals surface area (Å²) in [6.07, 6.45) is 0. The zero-order chi connectivity index (χ0) is 23.4. The van der Waals surface area contributed by atoms with Crippen molar-refractivity contribution in [3.8, 4) is 11.4 Å². The van der Waals surface area contributed by atoms with Gasteiger partial charge in [-0.25, -0.2) is 0 Å². The van der Waals surface area contributed by atoms with Gasteiger partial charge >= 0.3 is 0 Å². The number of nitrogens with one attached hydrogen (secondary N) is 2. The SMILES string of the molecule is CCOc1ccc(-n2nc3ccc(NC(=S)NC(=O)c4ccc([N+](=O)[O-])cc4)cc3n2)cc1. The van der Waals surface area contributed by atoms with Gasteiger partial charge in [-0.3, -0.25) is 20.2 Å². The first-order valence-corrected chi connectivity index (χ1v) is 10.3. The Bertz CT molecular complexity index is 1340. The molecule has 10 nitrogen and oxygen atoms in total. The van der Waals surface area contributed by atoms with Crippen molar-refractivity contribution in [3.63, 3.8) is 0 Å². The van der Waals surface area contributed by atoms with Gasteiger partial charge in [0.05, 0.1) is 17.2 Å². The van der Waals surface area contributed by atoms with E-state index in [0.29, 0.717) is 23.3 Å². The van der Waals surface area contributed by atoms with Crippen LogP contribution in [0, 0.1) is 10.1 Å². The zero-order valence-electron chi connectivity index (χ0n) is 17.4. The van der Waals surface area contributed by atoms with Crippen LogP contribution in [0.5, 0.6) is 5.75 Å². The lowest BCUT2D eigenvalue weighted by atomic mass is 10.2. The summed E-state index contributed by atoms with van der Waals surface area (Å²) in [5, 5.41) is 25.3. The second kappa shape index (κ2) is 9.40. The molecule has 0 saturated heterocycles. The van der Waals surface area contributed by atoms with Gasteiger partial charge in [0.25, 0.3) is 11.6 Å². The minimum absolute atomic E-state index is 0.0802. The second-order valence-corrected chi connectivity index (χ2v) is 7.24. The number of ether oxygens (including phenoxy) is 1. The molecule has 0 unspecified atom stereocenters. The largest absolute Gasteiger partial charge is 0.494 e. The van der Waals surface area contributed by atoms with E-state index in [1.165, 1.54) is 29.1 Å². The molecule has 166 valence electrons. The molecule has 0 bridgehead atoms. The molecule has 33 heavy (non-hydrogen) atoms. The van der Waals surface area contributed by atoms with Gasteiger partial charge in [-0.1, -0.05) is 0 Å². The molecule has 1 aromatic heterocycles. The third-order valence-corrected chi connectivity index (χ3v) is 4.79. The predicted octanol–water partition coefficient (Wildman–Crippen LogP) is 3.85. The summed E-state index contributed by atoms with van der Waals surface area (Å²) in [7, 11) is 0. The predicted molar refractivity (Wildman–Crippen MR) is 127 cm³/mol. The number of rotatable bonds is 6. The number of nitrogens with zero attached hydrogens (tertiary/aromatic N) is 4. The summed E-state index contributed by atoms with van der Waals surface area (Å²) in [4.78, 5) is 24.0. The van der Waals surface area contributed by atoms with Crippen LogP contribution in [0.3, 0.4) is 0 Å². The smallest absolute Gasteiger partial charge is 0.269 e. The maximum atomic E-state index is 12.3. The summed E-state index contributed by atoms with van der Waals surface area (Å²) < 4.78 is 5.45. The lowest BCUT2D eigenvalue weighted by Gasteiger charge is -2.09. The molecule has 0 aliphatic heterocycles. The van der Waals surface area contributed by atoms with Crippen molar-refractivity contribution in [2.45, 2.75) is 6.92 Å². The molecule has 4 rings (SSSR count). The van der Waals surface area contributed by atoms with Crippen LogP contribution >= 0.6 is 12.2 Å². The van der Waals surface area contributed by atoms with Crippen LogP contribution in [0.25, 0.3) is 16.7 Å². The van der Waals surface area contributed by atoms with E-state index in [-0.39, 0.29) is 16.4 Å². The third-order valence-electron chi connectivity index (χ3n) is 4.58. The standard InChI is InChI=1S/C22H18N6O4S/c1-2-32-18-10-8-16(9-11-18)27-25-19-12-5-15(13-20(19)26-27)23-22(33)24-21(29)14-3-6-17(7-4-14)28(30)31/h3-13H,2H2,1H3,(H2,23,24,29,33). The fraction of sp³-hybridized carbons (Fsp3) is 0.0909. The maximum Gasteiger partial charge on any atom is 0.269 e. The summed E-state index contributed by atoms with van der Waals surface area (Å²) in [5.74, 6) is 0.290. The number of non-ortho nitro benzene ring substituents is 1. The van der Waals surface area contributed by atoms with Crippen molar-refractivity contribution < 1.29 is 14.5 Å². The summed E-state index contributed by atoms with van der Waals surface area (Å²) in [6.45, 7) is 2.52. The number of amides is 1. The molecule has 3 aromatic carbocycles. The van der Waals surface area contributed by atoms with E-state index in [2.05, 4.69) is 20.8 Å². The monoisotopic (exact) mass is 462 g/mol. The van der Waals surface area contributed by atoms with Crippen LogP contribution in [0.2, 0.25) is 0 Å². The molecule has 0 aliphatic carbocycles. The summed E-state index contributed by atoms with van der Waals surface area (Å²) in [5.41, 5.74) is 2.89. The van der Waals surface area contributed by atoms with Crippen LogP contribution in [-0.4, -0.2) is 37.5 Å². The fourth-order valence-electron chi connectivity index (χ4n) is 3.02. The van der Waals surface area contributed by atoms with Crippen molar-refractivity contribution in [2.75, 3.05) is 11.9 Å². The quantitative estimate of drug-likeness (QED) is 0.252. The Labute approximate surface area is 193 Å². The van der Waals surface area contributed by atoms with Crippen LogP contribution in [0.1, 0.15) is 17.3 Å². The number of carbonyl (C=O) groups is 1.